The van der Waals surface area contributed by atoms with Crippen LogP contribution in [0.4, 0.5) is 8.78 Å². The number of ether oxygens (including phenoxy) is 2. The summed E-state index contributed by atoms with van der Waals surface area (Å²) in [6.07, 6.45) is 2.98. The Labute approximate surface area is 173 Å². The minimum atomic E-state index is -2.89. The Bertz CT molecular complexity index is 596. The summed E-state index contributed by atoms with van der Waals surface area (Å²) >= 11 is 0. The molecular formula is C21H36F2N4O2. The quantitative estimate of drug-likeness (QED) is 0.275. The summed E-state index contributed by atoms with van der Waals surface area (Å²) in [6, 6.07) is 4.99. The number of unbranched alkanes of at least 4 members (excludes halogenated alkanes) is 1. The fourth-order valence-corrected chi connectivity index (χ4v) is 2.80. The van der Waals surface area contributed by atoms with E-state index in [9.17, 15) is 8.78 Å². The minimum Gasteiger partial charge on any atom is -0.493 e. The van der Waals surface area contributed by atoms with Gasteiger partial charge in [0.15, 0.2) is 5.96 Å². The summed E-state index contributed by atoms with van der Waals surface area (Å²) in [4.78, 5) is 6.58. The second kappa shape index (κ2) is 14.8. The van der Waals surface area contributed by atoms with E-state index in [0.29, 0.717) is 30.4 Å². The normalized spacial score (nSPS) is 11.8. The van der Waals surface area contributed by atoms with Gasteiger partial charge in [0.05, 0.1) is 6.61 Å². The Kier molecular flexibility index (Phi) is 12.8. The molecule has 0 saturated carbocycles. The van der Waals surface area contributed by atoms with Crippen LogP contribution in [-0.2, 0) is 6.54 Å². The maximum Gasteiger partial charge on any atom is 0.387 e. The van der Waals surface area contributed by atoms with Crippen LogP contribution in [0.25, 0.3) is 0 Å². The first kappa shape index (κ1) is 24.9. The maximum absolute atomic E-state index is 12.8. The lowest BCUT2D eigenvalue weighted by Crippen LogP contribution is -2.37. The number of guanidine groups is 1. The fraction of sp³-hybridized carbons (Fsp3) is 0.667. The Morgan fingerprint density at radius 1 is 1.14 bits per heavy atom. The second-order valence-corrected chi connectivity index (χ2v) is 6.58. The number of benzene rings is 1. The van der Waals surface area contributed by atoms with Gasteiger partial charge in [-0.3, -0.25) is 4.99 Å². The molecule has 0 aliphatic rings. The number of hydrogen-bond donors (Lipinski definition) is 2. The van der Waals surface area contributed by atoms with Crippen molar-refractivity contribution >= 4 is 5.96 Å². The van der Waals surface area contributed by atoms with Gasteiger partial charge in [-0.05, 0) is 51.0 Å². The van der Waals surface area contributed by atoms with Crippen LogP contribution in [0.3, 0.4) is 0 Å². The number of alkyl halides is 2. The van der Waals surface area contributed by atoms with Gasteiger partial charge in [-0.2, -0.15) is 8.78 Å². The highest BCUT2D eigenvalue weighted by Gasteiger charge is 2.12. The number of hydrogen-bond acceptors (Lipinski definition) is 4. The van der Waals surface area contributed by atoms with Crippen LogP contribution in [-0.4, -0.2) is 57.3 Å². The highest BCUT2D eigenvalue weighted by atomic mass is 19.3. The second-order valence-electron chi connectivity index (χ2n) is 6.58. The van der Waals surface area contributed by atoms with Gasteiger partial charge in [0.25, 0.3) is 0 Å². The van der Waals surface area contributed by atoms with Crippen molar-refractivity contribution < 1.29 is 18.3 Å². The molecule has 0 aliphatic heterocycles. The smallest absolute Gasteiger partial charge is 0.387 e. The molecule has 8 heteroatoms. The lowest BCUT2D eigenvalue weighted by atomic mass is 10.2. The van der Waals surface area contributed by atoms with Crippen LogP contribution in [0.5, 0.6) is 11.5 Å². The molecule has 0 fully saturated rings. The van der Waals surface area contributed by atoms with E-state index >= 15 is 0 Å². The molecule has 0 saturated heterocycles. The molecule has 0 aromatic heterocycles. The largest absolute Gasteiger partial charge is 0.493 e. The molecule has 166 valence electrons. The predicted octanol–water partition coefficient (Wildman–Crippen LogP) is 3.86. The molecule has 0 atom stereocenters. The molecule has 0 bridgehead atoms. The summed E-state index contributed by atoms with van der Waals surface area (Å²) in [5, 5.41) is 6.40. The number of nitrogens with one attached hydrogen (secondary N) is 2. The predicted molar refractivity (Wildman–Crippen MR) is 114 cm³/mol. The van der Waals surface area contributed by atoms with E-state index in [1.165, 1.54) is 6.07 Å². The van der Waals surface area contributed by atoms with Gasteiger partial charge < -0.3 is 25.0 Å². The minimum absolute atomic E-state index is 0.107. The van der Waals surface area contributed by atoms with Gasteiger partial charge in [-0.25, -0.2) is 0 Å². The van der Waals surface area contributed by atoms with Crippen molar-refractivity contribution in [1.29, 1.82) is 0 Å². The Balaban J connectivity index is 2.53. The van der Waals surface area contributed by atoms with Crippen LogP contribution in [0, 0.1) is 0 Å². The number of rotatable bonds is 14. The number of nitrogens with zero attached hydrogens (tertiary/aromatic N) is 2. The SMILES string of the molecule is CCCOc1ccc(CNC(=NC)NCCCCN(CC)CC)c(OC(F)F)c1. The van der Waals surface area contributed by atoms with E-state index < -0.39 is 6.61 Å². The van der Waals surface area contributed by atoms with Crippen LogP contribution in [0.1, 0.15) is 45.6 Å². The lowest BCUT2D eigenvalue weighted by Gasteiger charge is -2.18. The molecule has 0 radical (unpaired) electrons. The van der Waals surface area contributed by atoms with Crippen molar-refractivity contribution in [3.05, 3.63) is 23.8 Å². The van der Waals surface area contributed by atoms with Crippen molar-refractivity contribution in [2.24, 2.45) is 4.99 Å². The summed E-state index contributed by atoms with van der Waals surface area (Å²) in [5.74, 6) is 1.25. The van der Waals surface area contributed by atoms with Gasteiger partial charge in [-0.1, -0.05) is 20.8 Å². The zero-order valence-corrected chi connectivity index (χ0v) is 18.1. The fourth-order valence-electron chi connectivity index (χ4n) is 2.80. The highest BCUT2D eigenvalue weighted by Crippen LogP contribution is 2.26. The summed E-state index contributed by atoms with van der Waals surface area (Å²) in [6.45, 7) is 8.29. The number of aliphatic imine (C=N–C) groups is 1. The van der Waals surface area contributed by atoms with Gasteiger partial charge in [0.1, 0.15) is 11.5 Å². The van der Waals surface area contributed by atoms with Crippen LogP contribution in [0.2, 0.25) is 0 Å². The Hall–Kier alpha value is -2.09. The van der Waals surface area contributed by atoms with E-state index in [2.05, 4.69) is 39.1 Å². The van der Waals surface area contributed by atoms with E-state index in [4.69, 9.17) is 4.74 Å². The van der Waals surface area contributed by atoms with Crippen molar-refractivity contribution in [3.63, 3.8) is 0 Å². The Morgan fingerprint density at radius 3 is 2.52 bits per heavy atom. The van der Waals surface area contributed by atoms with Gasteiger partial charge >= 0.3 is 6.61 Å². The molecule has 1 rings (SSSR count). The molecule has 6 nitrogen and oxygen atoms in total. The highest BCUT2D eigenvalue weighted by molar-refractivity contribution is 5.79. The number of halogens is 2. The zero-order valence-electron chi connectivity index (χ0n) is 18.1. The van der Waals surface area contributed by atoms with Crippen molar-refractivity contribution in [2.45, 2.75) is 53.2 Å². The van der Waals surface area contributed by atoms with Crippen molar-refractivity contribution in [2.75, 3.05) is 39.8 Å². The third-order valence-electron chi connectivity index (χ3n) is 4.49. The Morgan fingerprint density at radius 2 is 1.90 bits per heavy atom. The average molecular weight is 415 g/mol. The molecule has 1 aromatic rings. The molecule has 0 spiro atoms. The van der Waals surface area contributed by atoms with Crippen LogP contribution >= 0.6 is 0 Å². The molecule has 0 amide bonds. The van der Waals surface area contributed by atoms with E-state index in [0.717, 1.165) is 45.4 Å². The summed E-state index contributed by atoms with van der Waals surface area (Å²) < 4.78 is 35.7. The molecule has 29 heavy (non-hydrogen) atoms. The first-order valence-electron chi connectivity index (χ1n) is 10.4. The lowest BCUT2D eigenvalue weighted by molar-refractivity contribution is -0.0505. The van der Waals surface area contributed by atoms with Crippen molar-refractivity contribution in [1.82, 2.24) is 15.5 Å². The molecule has 0 heterocycles. The van der Waals surface area contributed by atoms with Crippen LogP contribution in [0.15, 0.2) is 23.2 Å². The third-order valence-corrected chi connectivity index (χ3v) is 4.49. The average Bonchev–Trinajstić information content (AvgIpc) is 2.71. The third kappa shape index (κ3) is 10.3. The summed E-state index contributed by atoms with van der Waals surface area (Å²) in [7, 11) is 1.68. The van der Waals surface area contributed by atoms with E-state index in [1.54, 1.807) is 19.2 Å². The monoisotopic (exact) mass is 414 g/mol. The molecule has 0 aliphatic carbocycles. The van der Waals surface area contributed by atoms with E-state index in [1.807, 2.05) is 6.92 Å². The maximum atomic E-state index is 12.8. The van der Waals surface area contributed by atoms with Gasteiger partial charge in [0, 0.05) is 31.8 Å². The topological polar surface area (TPSA) is 58.1 Å². The molecule has 2 N–H and O–H groups in total. The first-order chi connectivity index (χ1) is 14.0. The van der Waals surface area contributed by atoms with E-state index in [-0.39, 0.29) is 5.75 Å². The first-order valence-corrected chi connectivity index (χ1v) is 10.4. The summed E-state index contributed by atoms with van der Waals surface area (Å²) in [5.41, 5.74) is 0.610. The molecule has 1 aromatic carbocycles. The molecule has 0 unspecified atom stereocenters. The standard InChI is InChI=1S/C21H36F2N4O2/c1-5-14-28-18-11-10-17(19(15-18)29-20(22)23)16-26-21(24-4)25-12-8-9-13-27(6-2)7-3/h10-11,15,20H,5-9,12-14,16H2,1-4H3,(H2,24,25,26). The van der Waals surface area contributed by atoms with Gasteiger partial charge in [-0.15, -0.1) is 0 Å². The van der Waals surface area contributed by atoms with Crippen molar-refractivity contribution in [3.8, 4) is 11.5 Å². The van der Waals surface area contributed by atoms with Crippen LogP contribution < -0.4 is 20.1 Å². The molecular weight excluding hydrogens is 378 g/mol. The van der Waals surface area contributed by atoms with Gasteiger partial charge in [0.2, 0.25) is 0 Å². The zero-order chi connectivity index (χ0) is 21.5.